The number of nitrogens with zero attached hydrogens (tertiary/aromatic N) is 4. The number of rotatable bonds is 4. The molecule has 3 heterocycles. The normalized spacial score (nSPS) is 11.5. The number of nitrogens with one attached hydrogen (secondary N) is 1. The molecular formula is C19H15N5S. The van der Waals surface area contributed by atoms with Gasteiger partial charge in [-0.3, -0.25) is 0 Å². The molecule has 5 rings (SSSR count). The van der Waals surface area contributed by atoms with Gasteiger partial charge in [-0.05, 0) is 23.1 Å². The molecule has 0 saturated heterocycles. The molecular weight excluding hydrogens is 330 g/mol. The van der Waals surface area contributed by atoms with Crippen LogP contribution in [0.25, 0.3) is 15.9 Å². The van der Waals surface area contributed by atoms with Crippen LogP contribution in [0.3, 0.4) is 0 Å². The topological polar surface area (TPSA) is 58.9 Å². The van der Waals surface area contributed by atoms with Gasteiger partial charge < -0.3 is 4.98 Å². The first kappa shape index (κ1) is 14.4. The molecule has 25 heavy (non-hydrogen) atoms. The van der Waals surface area contributed by atoms with Gasteiger partial charge in [0.15, 0.2) is 5.82 Å². The van der Waals surface area contributed by atoms with Crippen molar-refractivity contribution in [3.05, 3.63) is 82.8 Å². The van der Waals surface area contributed by atoms with Crippen molar-refractivity contribution in [3.8, 4) is 0 Å². The highest BCUT2D eigenvalue weighted by Crippen LogP contribution is 2.21. The third-order valence-corrected chi connectivity index (χ3v) is 5.13. The molecule has 3 aromatic heterocycles. The Bertz CT molecular complexity index is 1120. The van der Waals surface area contributed by atoms with Gasteiger partial charge in [-0.25, -0.2) is 0 Å². The van der Waals surface area contributed by atoms with Gasteiger partial charge >= 0.3 is 0 Å². The number of hydrogen-bond acceptors (Lipinski definition) is 4. The van der Waals surface area contributed by atoms with Crippen molar-refractivity contribution in [2.45, 2.75) is 12.8 Å². The summed E-state index contributed by atoms with van der Waals surface area (Å²) in [6.07, 6.45) is 1.51. The molecule has 0 bridgehead atoms. The van der Waals surface area contributed by atoms with Crippen LogP contribution in [0, 0.1) is 0 Å². The Morgan fingerprint density at radius 2 is 1.76 bits per heavy atom. The monoisotopic (exact) mass is 345 g/mol. The second-order valence-electron chi connectivity index (χ2n) is 6.03. The number of aromatic amines is 1. The SMILES string of the molecule is c1ccc(Cc2nnc3sc(Cc4cc5ccccc5[nH]4)nn23)cc1. The van der Waals surface area contributed by atoms with Crippen LogP contribution in [0.5, 0.6) is 0 Å². The molecule has 0 aliphatic heterocycles. The summed E-state index contributed by atoms with van der Waals surface area (Å²) >= 11 is 1.59. The number of benzene rings is 2. The molecule has 0 radical (unpaired) electrons. The van der Waals surface area contributed by atoms with Gasteiger partial charge in [-0.1, -0.05) is 59.9 Å². The standard InChI is InChI=1S/C19H15N5S/c1-2-6-13(7-3-1)10-17-21-22-19-24(17)23-18(25-19)12-15-11-14-8-4-5-9-16(14)20-15/h1-9,11,20H,10,12H2. The molecule has 0 aliphatic carbocycles. The second-order valence-corrected chi connectivity index (χ2v) is 7.07. The Kier molecular flexibility index (Phi) is 3.34. The predicted octanol–water partition coefficient (Wildman–Crippen LogP) is 3.85. The van der Waals surface area contributed by atoms with Gasteiger partial charge in [0.25, 0.3) is 0 Å². The van der Waals surface area contributed by atoms with Crippen LogP contribution in [-0.2, 0) is 12.8 Å². The van der Waals surface area contributed by atoms with E-state index in [1.165, 1.54) is 10.9 Å². The summed E-state index contributed by atoms with van der Waals surface area (Å²) in [5, 5.41) is 15.5. The second kappa shape index (κ2) is 5.82. The Morgan fingerprint density at radius 1 is 0.920 bits per heavy atom. The van der Waals surface area contributed by atoms with E-state index in [2.05, 4.69) is 51.6 Å². The molecule has 5 nitrogen and oxygen atoms in total. The van der Waals surface area contributed by atoms with Crippen molar-refractivity contribution in [2.75, 3.05) is 0 Å². The highest BCUT2D eigenvalue weighted by molar-refractivity contribution is 7.16. The molecule has 0 fully saturated rings. The Balaban J connectivity index is 1.44. The summed E-state index contributed by atoms with van der Waals surface area (Å²) in [4.78, 5) is 4.30. The van der Waals surface area contributed by atoms with Crippen molar-refractivity contribution < 1.29 is 0 Å². The molecule has 0 spiro atoms. The molecule has 0 unspecified atom stereocenters. The van der Waals surface area contributed by atoms with E-state index in [-0.39, 0.29) is 0 Å². The van der Waals surface area contributed by atoms with Gasteiger partial charge in [-0.2, -0.15) is 9.61 Å². The lowest BCUT2D eigenvalue weighted by molar-refractivity contribution is 0.828. The van der Waals surface area contributed by atoms with Crippen LogP contribution < -0.4 is 0 Å². The largest absolute Gasteiger partial charge is 0.358 e. The molecule has 2 aromatic carbocycles. The van der Waals surface area contributed by atoms with Crippen molar-refractivity contribution >= 4 is 27.2 Å². The van der Waals surface area contributed by atoms with E-state index < -0.39 is 0 Å². The van der Waals surface area contributed by atoms with E-state index in [0.29, 0.717) is 0 Å². The predicted molar refractivity (Wildman–Crippen MR) is 99.0 cm³/mol. The number of hydrogen-bond donors (Lipinski definition) is 1. The Hall–Kier alpha value is -2.99. The van der Waals surface area contributed by atoms with Gasteiger partial charge in [0.1, 0.15) is 5.01 Å². The van der Waals surface area contributed by atoms with Gasteiger partial charge in [0.05, 0.1) is 0 Å². The van der Waals surface area contributed by atoms with E-state index in [0.717, 1.165) is 39.8 Å². The highest BCUT2D eigenvalue weighted by atomic mass is 32.1. The third kappa shape index (κ3) is 2.70. The molecule has 1 N–H and O–H groups in total. The fourth-order valence-electron chi connectivity index (χ4n) is 3.05. The number of fused-ring (bicyclic) bond motifs is 2. The average molecular weight is 345 g/mol. The van der Waals surface area contributed by atoms with E-state index in [1.807, 2.05) is 28.8 Å². The number of para-hydroxylation sites is 1. The first-order valence-corrected chi connectivity index (χ1v) is 8.97. The van der Waals surface area contributed by atoms with Crippen LogP contribution in [-0.4, -0.2) is 24.8 Å². The van der Waals surface area contributed by atoms with Crippen molar-refractivity contribution in [1.82, 2.24) is 24.8 Å². The molecule has 0 amide bonds. The summed E-state index contributed by atoms with van der Waals surface area (Å²) in [5.74, 6) is 0.875. The van der Waals surface area contributed by atoms with E-state index in [9.17, 15) is 0 Å². The van der Waals surface area contributed by atoms with Gasteiger partial charge in [-0.15, -0.1) is 10.2 Å². The fraction of sp³-hybridized carbons (Fsp3) is 0.105. The van der Waals surface area contributed by atoms with Crippen LogP contribution >= 0.6 is 11.3 Å². The van der Waals surface area contributed by atoms with Crippen LogP contribution in [0.2, 0.25) is 0 Å². The highest BCUT2D eigenvalue weighted by Gasteiger charge is 2.13. The van der Waals surface area contributed by atoms with Crippen molar-refractivity contribution in [1.29, 1.82) is 0 Å². The molecule has 0 aliphatic rings. The maximum atomic E-state index is 4.72. The van der Waals surface area contributed by atoms with Crippen LogP contribution in [0.15, 0.2) is 60.7 Å². The minimum Gasteiger partial charge on any atom is -0.358 e. The van der Waals surface area contributed by atoms with Gasteiger partial charge in [0.2, 0.25) is 4.96 Å². The van der Waals surface area contributed by atoms with E-state index in [4.69, 9.17) is 5.10 Å². The maximum Gasteiger partial charge on any atom is 0.234 e. The molecule has 0 saturated carbocycles. The molecule has 6 heteroatoms. The minimum atomic E-state index is 0.734. The smallest absolute Gasteiger partial charge is 0.234 e. The summed E-state index contributed by atoms with van der Waals surface area (Å²) in [6, 6.07) is 20.8. The quantitative estimate of drug-likeness (QED) is 0.538. The summed E-state index contributed by atoms with van der Waals surface area (Å²) < 4.78 is 1.87. The molecule has 122 valence electrons. The van der Waals surface area contributed by atoms with Crippen molar-refractivity contribution in [3.63, 3.8) is 0 Å². The first-order valence-electron chi connectivity index (χ1n) is 8.16. The zero-order valence-electron chi connectivity index (χ0n) is 13.4. The van der Waals surface area contributed by atoms with Crippen LogP contribution in [0.1, 0.15) is 22.1 Å². The number of H-pyrrole nitrogens is 1. The van der Waals surface area contributed by atoms with Crippen LogP contribution in [0.4, 0.5) is 0 Å². The maximum absolute atomic E-state index is 4.72. The Morgan fingerprint density at radius 3 is 2.64 bits per heavy atom. The van der Waals surface area contributed by atoms with Crippen molar-refractivity contribution in [2.24, 2.45) is 0 Å². The van der Waals surface area contributed by atoms with E-state index in [1.54, 1.807) is 11.3 Å². The minimum absolute atomic E-state index is 0.734. The van der Waals surface area contributed by atoms with E-state index >= 15 is 0 Å². The molecule has 5 aromatic rings. The number of aromatic nitrogens is 5. The average Bonchev–Trinajstić information content (AvgIpc) is 3.31. The third-order valence-electron chi connectivity index (χ3n) is 4.23. The first-order chi connectivity index (χ1) is 12.3. The fourth-order valence-corrected chi connectivity index (χ4v) is 3.92. The zero-order valence-corrected chi connectivity index (χ0v) is 14.2. The van der Waals surface area contributed by atoms with Gasteiger partial charge in [0, 0.05) is 24.1 Å². The zero-order chi connectivity index (χ0) is 16.6. The summed E-state index contributed by atoms with van der Waals surface area (Å²) in [5.41, 5.74) is 3.53. The molecule has 0 atom stereocenters. The lowest BCUT2D eigenvalue weighted by Gasteiger charge is -1.97. The summed E-state index contributed by atoms with van der Waals surface area (Å²) in [7, 11) is 0. The Labute approximate surface area is 148 Å². The lowest BCUT2D eigenvalue weighted by atomic mass is 10.1. The lowest BCUT2D eigenvalue weighted by Crippen LogP contribution is -1.98. The summed E-state index contributed by atoms with van der Waals surface area (Å²) in [6.45, 7) is 0.